The van der Waals surface area contributed by atoms with E-state index in [0.29, 0.717) is 4.80 Å². The van der Waals surface area contributed by atoms with Crippen molar-refractivity contribution in [2.45, 2.75) is 83.8 Å². The van der Waals surface area contributed by atoms with Crippen molar-refractivity contribution in [1.29, 1.82) is 4.78 Å². The number of carbonyl (C=O) groups excluding carboxylic acids is 2. The maximum atomic E-state index is 13.3. The van der Waals surface area contributed by atoms with Crippen LogP contribution in [0.1, 0.15) is 60.4 Å². The molecule has 190 valence electrons. The number of nitrogens with zero attached hydrogens (tertiary/aromatic N) is 3. The molecule has 1 rings (SSSR count). The zero-order chi connectivity index (χ0) is 25.7. The molecule has 33 heavy (non-hydrogen) atoms. The van der Waals surface area contributed by atoms with Crippen molar-refractivity contribution >= 4 is 21.8 Å². The number of carbonyl (C=O) groups is 2. The summed E-state index contributed by atoms with van der Waals surface area (Å²) in [5, 5.41) is 9.30. The third-order valence-electron chi connectivity index (χ3n) is 3.93. The van der Waals surface area contributed by atoms with Crippen LogP contribution in [0.25, 0.3) is 0 Å². The lowest BCUT2D eigenvalue weighted by atomic mass is 10.1. The van der Waals surface area contributed by atoms with E-state index in [-0.39, 0.29) is 6.42 Å². The van der Waals surface area contributed by atoms with Crippen LogP contribution in [0.4, 0.5) is 18.0 Å². The molecule has 14 heteroatoms. The van der Waals surface area contributed by atoms with E-state index in [2.05, 4.69) is 15.5 Å². The molecule has 3 atom stereocenters. The SMILES string of the molecule is CC(C)(C)OC(=O)N[C@@H](CCS(=N)(=O)CCC(n1nccn1)C(F)(F)F)C(=O)OC(C)(C)C. The summed E-state index contributed by atoms with van der Waals surface area (Å²) < 4.78 is 71.1. The number of halogens is 3. The minimum absolute atomic E-state index is 0.285. The number of hydrogen-bond donors (Lipinski definition) is 2. The van der Waals surface area contributed by atoms with Gasteiger partial charge in [0.05, 0.1) is 12.4 Å². The Kier molecular flexibility index (Phi) is 9.29. The molecule has 2 N–H and O–H groups in total. The Balaban J connectivity index is 2.87. The predicted molar refractivity (Wildman–Crippen MR) is 114 cm³/mol. The first-order valence-corrected chi connectivity index (χ1v) is 12.1. The first-order chi connectivity index (χ1) is 14.8. The van der Waals surface area contributed by atoms with Crippen molar-refractivity contribution in [3.8, 4) is 0 Å². The van der Waals surface area contributed by atoms with Gasteiger partial charge in [0.2, 0.25) is 0 Å². The summed E-state index contributed by atoms with van der Waals surface area (Å²) in [6.07, 6.45) is -4.41. The number of nitrogens with one attached hydrogen (secondary N) is 2. The van der Waals surface area contributed by atoms with E-state index in [1.54, 1.807) is 41.5 Å². The Hall–Kier alpha value is -2.38. The summed E-state index contributed by atoms with van der Waals surface area (Å²) in [6.45, 7) is 9.71. The molecule has 0 aliphatic carbocycles. The van der Waals surface area contributed by atoms with Gasteiger partial charge in [-0.15, -0.1) is 0 Å². The number of rotatable bonds is 9. The van der Waals surface area contributed by atoms with Crippen molar-refractivity contribution in [3.63, 3.8) is 0 Å². The number of aromatic nitrogens is 3. The summed E-state index contributed by atoms with van der Waals surface area (Å²) in [4.78, 5) is 25.1. The molecular formula is C19H32F3N5O5S. The van der Waals surface area contributed by atoms with Crippen LogP contribution in [0.5, 0.6) is 0 Å². The summed E-state index contributed by atoms with van der Waals surface area (Å²) in [6, 6.07) is -3.43. The summed E-state index contributed by atoms with van der Waals surface area (Å²) >= 11 is 0. The summed E-state index contributed by atoms with van der Waals surface area (Å²) in [7, 11) is -3.54. The lowest BCUT2D eigenvalue weighted by molar-refractivity contribution is -0.173. The quantitative estimate of drug-likeness (QED) is 0.497. The van der Waals surface area contributed by atoms with Gasteiger partial charge in [0, 0.05) is 21.2 Å². The molecule has 1 aromatic rings. The van der Waals surface area contributed by atoms with Crippen LogP contribution >= 0.6 is 0 Å². The third-order valence-corrected chi connectivity index (χ3v) is 5.72. The molecule has 0 fully saturated rings. The molecule has 0 aliphatic heterocycles. The average Bonchev–Trinajstić information content (AvgIpc) is 3.08. The first-order valence-electron chi connectivity index (χ1n) is 10.2. The fraction of sp³-hybridized carbons (Fsp3) is 0.789. The minimum atomic E-state index is -4.70. The largest absolute Gasteiger partial charge is 0.458 e. The van der Waals surface area contributed by atoms with Gasteiger partial charge in [-0.2, -0.15) is 28.2 Å². The highest BCUT2D eigenvalue weighted by Crippen LogP contribution is 2.32. The van der Waals surface area contributed by atoms with Gasteiger partial charge in [0.15, 0.2) is 6.04 Å². The molecule has 0 radical (unpaired) electrons. The van der Waals surface area contributed by atoms with Crippen LogP contribution in [0.15, 0.2) is 12.4 Å². The van der Waals surface area contributed by atoms with Crippen LogP contribution in [-0.4, -0.2) is 66.2 Å². The molecule has 0 spiro atoms. The Morgan fingerprint density at radius 1 is 1.00 bits per heavy atom. The van der Waals surface area contributed by atoms with E-state index in [0.717, 1.165) is 12.4 Å². The zero-order valence-corrected chi connectivity index (χ0v) is 20.4. The standard InChI is InChI=1S/C19H32F3N5O5S/c1-17(2,3)31-15(28)13(26-16(29)32-18(4,5)6)7-11-33(23,30)12-8-14(19(20,21)22)27-24-9-10-25-27/h9-10,13-14,23H,7-8,11-12H2,1-6H3,(H,26,29)/t13-,14?,33?/m0/s1. The van der Waals surface area contributed by atoms with Crippen molar-refractivity contribution in [3.05, 3.63) is 12.4 Å². The number of ether oxygens (including phenoxy) is 2. The van der Waals surface area contributed by atoms with E-state index < -0.39 is 69.2 Å². The molecular weight excluding hydrogens is 467 g/mol. The molecule has 0 saturated carbocycles. The second kappa shape index (κ2) is 10.7. The van der Waals surface area contributed by atoms with E-state index in [1.165, 1.54) is 0 Å². The van der Waals surface area contributed by atoms with Gasteiger partial charge in [-0.1, -0.05) is 0 Å². The van der Waals surface area contributed by atoms with Gasteiger partial charge in [-0.3, -0.25) is 4.78 Å². The molecule has 1 aromatic heterocycles. The predicted octanol–water partition coefficient (Wildman–Crippen LogP) is 3.44. The lowest BCUT2D eigenvalue weighted by Crippen LogP contribution is -2.46. The smallest absolute Gasteiger partial charge is 0.412 e. The minimum Gasteiger partial charge on any atom is -0.458 e. The highest BCUT2D eigenvalue weighted by Gasteiger charge is 2.42. The molecule has 0 aromatic carbocycles. The summed E-state index contributed by atoms with van der Waals surface area (Å²) in [5.74, 6) is -1.88. The van der Waals surface area contributed by atoms with Crippen LogP contribution in [-0.2, 0) is 24.0 Å². The van der Waals surface area contributed by atoms with Crippen molar-refractivity contribution in [1.82, 2.24) is 20.3 Å². The van der Waals surface area contributed by atoms with Crippen LogP contribution in [0.3, 0.4) is 0 Å². The van der Waals surface area contributed by atoms with Crippen LogP contribution in [0.2, 0.25) is 0 Å². The van der Waals surface area contributed by atoms with Crippen molar-refractivity contribution < 1.29 is 36.4 Å². The zero-order valence-electron chi connectivity index (χ0n) is 19.6. The third kappa shape index (κ3) is 11.3. The number of alkyl carbamates (subject to hydrolysis) is 1. The fourth-order valence-electron chi connectivity index (χ4n) is 2.58. The summed E-state index contributed by atoms with van der Waals surface area (Å²) in [5.41, 5.74) is -1.73. The highest BCUT2D eigenvalue weighted by molar-refractivity contribution is 7.92. The Labute approximate surface area is 191 Å². The monoisotopic (exact) mass is 499 g/mol. The van der Waals surface area contributed by atoms with Crippen molar-refractivity contribution in [2.75, 3.05) is 11.5 Å². The van der Waals surface area contributed by atoms with E-state index in [9.17, 15) is 27.0 Å². The Bertz CT molecular complexity index is 890. The van der Waals surface area contributed by atoms with Gasteiger partial charge < -0.3 is 14.8 Å². The average molecular weight is 500 g/mol. The number of alkyl halides is 3. The second-order valence-electron chi connectivity index (χ2n) is 9.44. The first kappa shape index (κ1) is 28.7. The van der Waals surface area contributed by atoms with E-state index in [4.69, 9.17) is 14.3 Å². The molecule has 2 unspecified atom stereocenters. The van der Waals surface area contributed by atoms with Gasteiger partial charge >= 0.3 is 18.2 Å². The maximum absolute atomic E-state index is 13.3. The van der Waals surface area contributed by atoms with Gasteiger partial charge in [-0.05, 0) is 54.4 Å². The van der Waals surface area contributed by atoms with Crippen molar-refractivity contribution in [2.24, 2.45) is 0 Å². The molecule has 0 bridgehead atoms. The molecule has 10 nitrogen and oxygen atoms in total. The number of amides is 1. The normalized spacial score (nSPS) is 16.4. The van der Waals surface area contributed by atoms with Gasteiger partial charge in [-0.25, -0.2) is 13.8 Å². The molecule has 0 saturated heterocycles. The van der Waals surface area contributed by atoms with Crippen LogP contribution < -0.4 is 5.32 Å². The molecule has 1 heterocycles. The van der Waals surface area contributed by atoms with E-state index >= 15 is 0 Å². The number of esters is 1. The van der Waals surface area contributed by atoms with Gasteiger partial charge in [0.1, 0.15) is 17.2 Å². The number of hydrogen-bond acceptors (Lipinski definition) is 8. The molecule has 0 aliphatic rings. The highest BCUT2D eigenvalue weighted by atomic mass is 32.2. The van der Waals surface area contributed by atoms with Gasteiger partial charge in [0.25, 0.3) is 0 Å². The maximum Gasteiger partial charge on any atom is 0.412 e. The van der Waals surface area contributed by atoms with Crippen LogP contribution in [0, 0.1) is 4.78 Å². The Morgan fingerprint density at radius 2 is 1.48 bits per heavy atom. The molecule has 1 amide bonds. The Morgan fingerprint density at radius 3 is 1.94 bits per heavy atom. The second-order valence-corrected chi connectivity index (χ2v) is 11.9. The topological polar surface area (TPSA) is 136 Å². The van der Waals surface area contributed by atoms with E-state index in [1.807, 2.05) is 0 Å². The lowest BCUT2D eigenvalue weighted by Gasteiger charge is -2.26. The fourth-order valence-corrected chi connectivity index (χ4v) is 4.01.